The molecule has 14 heavy (non-hydrogen) atoms. The maximum atomic E-state index is 10.8. The fourth-order valence-electron chi connectivity index (χ4n) is 1.37. The van der Waals surface area contributed by atoms with Crippen molar-refractivity contribution in [2.45, 2.75) is 5.33 Å². The van der Waals surface area contributed by atoms with E-state index in [-0.39, 0.29) is 10.6 Å². The van der Waals surface area contributed by atoms with Crippen LogP contribution < -0.4 is 0 Å². The van der Waals surface area contributed by atoms with Crippen molar-refractivity contribution in [2.24, 2.45) is 0 Å². The number of alkyl halides is 1. The summed E-state index contributed by atoms with van der Waals surface area (Å²) in [5.74, 6) is 0. The Balaban J connectivity index is 2.81. The molecule has 0 saturated carbocycles. The van der Waals surface area contributed by atoms with E-state index >= 15 is 0 Å². The van der Waals surface area contributed by atoms with Gasteiger partial charge in [0.1, 0.15) is 0 Å². The van der Waals surface area contributed by atoms with Crippen molar-refractivity contribution in [3.63, 3.8) is 0 Å². The third-order valence-electron chi connectivity index (χ3n) is 1.94. The predicted octanol–water partition coefficient (Wildman–Crippen LogP) is 3.70. The van der Waals surface area contributed by atoms with Gasteiger partial charge in [0.15, 0.2) is 0 Å². The van der Waals surface area contributed by atoms with E-state index in [4.69, 9.17) is 0 Å². The maximum Gasteiger partial charge on any atom is 0.291 e. The largest absolute Gasteiger partial charge is 0.291 e. The minimum absolute atomic E-state index is 0.238. The molecule has 0 radical (unpaired) electrons. The van der Waals surface area contributed by atoms with Gasteiger partial charge in [-0.1, -0.05) is 28.1 Å². The molecule has 2 rings (SSSR count). The van der Waals surface area contributed by atoms with E-state index < -0.39 is 0 Å². The van der Waals surface area contributed by atoms with Gasteiger partial charge in [0, 0.05) is 10.0 Å². The first-order valence-corrected chi connectivity index (χ1v) is 5.88. The monoisotopic (exact) mass is 271 g/mol. The lowest BCUT2D eigenvalue weighted by Crippen LogP contribution is -1.88. The molecule has 2 aromatic rings. The SMILES string of the molecule is O=[N+]([O-])c1c(CBr)sc2ccccc12. The summed E-state index contributed by atoms with van der Waals surface area (Å²) in [6.45, 7) is 0. The third kappa shape index (κ3) is 1.42. The van der Waals surface area contributed by atoms with Gasteiger partial charge in [-0.15, -0.1) is 11.3 Å². The quantitative estimate of drug-likeness (QED) is 0.475. The summed E-state index contributed by atoms with van der Waals surface area (Å²) in [5, 5.41) is 12.1. The van der Waals surface area contributed by atoms with Gasteiger partial charge in [-0.25, -0.2) is 0 Å². The van der Waals surface area contributed by atoms with E-state index in [9.17, 15) is 10.1 Å². The van der Waals surface area contributed by atoms with E-state index in [1.54, 1.807) is 6.07 Å². The lowest BCUT2D eigenvalue weighted by molar-refractivity contribution is -0.383. The van der Waals surface area contributed by atoms with Crippen molar-refractivity contribution in [2.75, 3.05) is 0 Å². The van der Waals surface area contributed by atoms with Crippen molar-refractivity contribution < 1.29 is 4.92 Å². The van der Waals surface area contributed by atoms with Gasteiger partial charge in [0.05, 0.1) is 15.2 Å². The zero-order valence-corrected chi connectivity index (χ0v) is 9.47. The summed E-state index contributed by atoms with van der Waals surface area (Å²) in [5.41, 5.74) is 0.238. The van der Waals surface area contributed by atoms with E-state index in [2.05, 4.69) is 15.9 Å². The van der Waals surface area contributed by atoms with Crippen LogP contribution >= 0.6 is 27.3 Å². The maximum absolute atomic E-state index is 10.8. The average molecular weight is 272 g/mol. The van der Waals surface area contributed by atoms with Gasteiger partial charge < -0.3 is 0 Å². The number of nitrogens with zero attached hydrogens (tertiary/aromatic N) is 1. The Kier molecular flexibility index (Phi) is 2.52. The van der Waals surface area contributed by atoms with Crippen LogP contribution in [0.5, 0.6) is 0 Å². The fourth-order valence-corrected chi connectivity index (χ4v) is 3.00. The van der Waals surface area contributed by atoms with Crippen molar-refractivity contribution in [3.05, 3.63) is 39.3 Å². The average Bonchev–Trinajstić information content (AvgIpc) is 2.55. The van der Waals surface area contributed by atoms with E-state index in [0.717, 1.165) is 15.0 Å². The number of hydrogen-bond donors (Lipinski definition) is 0. The molecule has 0 aliphatic carbocycles. The molecule has 5 heteroatoms. The molecule has 0 amide bonds. The Bertz CT molecular complexity index is 495. The van der Waals surface area contributed by atoms with Gasteiger partial charge in [0.2, 0.25) is 0 Å². The Morgan fingerprint density at radius 3 is 2.79 bits per heavy atom. The highest BCUT2D eigenvalue weighted by atomic mass is 79.9. The van der Waals surface area contributed by atoms with Gasteiger partial charge in [0.25, 0.3) is 5.69 Å². The number of rotatable bonds is 2. The van der Waals surface area contributed by atoms with Crippen LogP contribution in [0.25, 0.3) is 10.1 Å². The number of hydrogen-bond acceptors (Lipinski definition) is 3. The van der Waals surface area contributed by atoms with Gasteiger partial charge >= 0.3 is 0 Å². The van der Waals surface area contributed by atoms with Crippen molar-refractivity contribution in [1.29, 1.82) is 0 Å². The molecule has 0 aliphatic rings. The van der Waals surface area contributed by atoms with Crippen molar-refractivity contribution >= 4 is 43.0 Å². The Hall–Kier alpha value is -0.940. The molecule has 0 N–H and O–H groups in total. The molecule has 1 aromatic heterocycles. The van der Waals surface area contributed by atoms with Crippen LogP contribution in [0.2, 0.25) is 0 Å². The zero-order chi connectivity index (χ0) is 10.1. The molecule has 72 valence electrons. The smallest absolute Gasteiger partial charge is 0.258 e. The van der Waals surface area contributed by atoms with Crippen LogP contribution in [-0.4, -0.2) is 4.92 Å². The molecule has 1 aromatic carbocycles. The molecule has 0 atom stereocenters. The van der Waals surface area contributed by atoms with Gasteiger partial charge in [-0.3, -0.25) is 10.1 Å². The minimum Gasteiger partial charge on any atom is -0.258 e. The summed E-state index contributed by atoms with van der Waals surface area (Å²) in [7, 11) is 0. The summed E-state index contributed by atoms with van der Waals surface area (Å²) < 4.78 is 0.966. The van der Waals surface area contributed by atoms with E-state index in [1.807, 2.05) is 18.2 Å². The normalized spacial score (nSPS) is 10.6. The second-order valence-electron chi connectivity index (χ2n) is 2.76. The molecule has 0 unspecified atom stereocenters. The van der Waals surface area contributed by atoms with Gasteiger partial charge in [-0.2, -0.15) is 0 Å². The zero-order valence-electron chi connectivity index (χ0n) is 7.07. The molecule has 0 aliphatic heterocycles. The predicted molar refractivity (Wildman–Crippen MR) is 61.1 cm³/mol. The molecule has 3 nitrogen and oxygen atoms in total. The van der Waals surface area contributed by atoms with E-state index in [0.29, 0.717) is 5.33 Å². The lowest BCUT2D eigenvalue weighted by Gasteiger charge is -1.90. The molecule has 1 heterocycles. The molecule has 0 bridgehead atoms. The number of thiophene rings is 1. The number of fused-ring (bicyclic) bond motifs is 1. The Morgan fingerprint density at radius 2 is 2.14 bits per heavy atom. The number of benzene rings is 1. The molecule has 0 spiro atoms. The van der Waals surface area contributed by atoms with Crippen LogP contribution in [0.3, 0.4) is 0 Å². The van der Waals surface area contributed by atoms with Crippen LogP contribution in [0.15, 0.2) is 24.3 Å². The second-order valence-corrected chi connectivity index (χ2v) is 4.46. The van der Waals surface area contributed by atoms with Gasteiger partial charge in [-0.05, 0) is 12.1 Å². The van der Waals surface area contributed by atoms with Crippen LogP contribution in [0.1, 0.15) is 4.88 Å². The van der Waals surface area contributed by atoms with Crippen LogP contribution in [0, 0.1) is 10.1 Å². The summed E-state index contributed by atoms with van der Waals surface area (Å²) in [4.78, 5) is 11.3. The standard InChI is InChI=1S/C9H6BrNO2S/c10-5-8-9(11(12)13)6-3-1-2-4-7(6)14-8/h1-4H,5H2. The first-order valence-electron chi connectivity index (χ1n) is 3.95. The summed E-state index contributed by atoms with van der Waals surface area (Å²) in [6, 6.07) is 7.40. The summed E-state index contributed by atoms with van der Waals surface area (Å²) >= 11 is 4.72. The highest BCUT2D eigenvalue weighted by Crippen LogP contribution is 2.38. The second kappa shape index (κ2) is 3.67. The number of nitro groups is 1. The summed E-state index contributed by atoms with van der Waals surface area (Å²) in [6.07, 6.45) is 0. The van der Waals surface area contributed by atoms with Crippen LogP contribution in [-0.2, 0) is 5.33 Å². The first-order chi connectivity index (χ1) is 6.74. The Morgan fingerprint density at radius 1 is 1.43 bits per heavy atom. The number of halogens is 1. The minimum atomic E-state index is -0.310. The molecular weight excluding hydrogens is 266 g/mol. The first kappa shape index (κ1) is 9.61. The third-order valence-corrected chi connectivity index (χ3v) is 4.04. The van der Waals surface area contributed by atoms with E-state index in [1.165, 1.54) is 11.3 Å². The van der Waals surface area contributed by atoms with Crippen molar-refractivity contribution in [1.82, 2.24) is 0 Å². The fraction of sp³-hybridized carbons (Fsp3) is 0.111. The highest BCUT2D eigenvalue weighted by Gasteiger charge is 2.20. The molecule has 0 saturated heterocycles. The molecule has 0 fully saturated rings. The highest BCUT2D eigenvalue weighted by molar-refractivity contribution is 9.08. The molecular formula is C9H6BrNO2S. The van der Waals surface area contributed by atoms with Crippen LogP contribution in [0.4, 0.5) is 5.69 Å². The Labute approximate surface area is 92.6 Å². The topological polar surface area (TPSA) is 43.1 Å². The van der Waals surface area contributed by atoms with Crippen molar-refractivity contribution in [3.8, 4) is 0 Å². The lowest BCUT2D eigenvalue weighted by atomic mass is 10.2.